The summed E-state index contributed by atoms with van der Waals surface area (Å²) in [7, 11) is -6.32. The van der Waals surface area contributed by atoms with Crippen molar-refractivity contribution < 1.29 is 45.5 Å². The number of benzene rings is 4. The van der Waals surface area contributed by atoms with E-state index in [0.717, 1.165) is 213 Å². The SMILES string of the molecule is C=C(C)Nc1ccn(C(=O)N2CCN(Cc3ccc(Cl)cc3N3CC4CCC(C3)O4)CC2)n1.C=C(C)Nc1ccn(C(=O)N2CCN(Cc3ccc(Cl)cc3N3CCC4(CC3)CCN(S(C)(=O)=O)C4)CC2)n1.C=C(C)Nc1ccn(C(=O)N2CCN(Cc3ccc(Cl)cc3N3CCN(C(C)=O)CC3)CC2)n1.C=C(C)Nc1ccn(C(=O)N2CCN(Cc3ccc(Cl)cc3N3CCN(S(C)(=O)=O)CC3)CC2)n1. The minimum absolute atomic E-state index is 0.0805. The van der Waals surface area contributed by atoms with Crippen LogP contribution >= 0.6 is 46.4 Å². The first kappa shape index (κ1) is 105. The molecule has 43 heteroatoms. The minimum Gasteiger partial charge on any atom is -0.371 e. The molecule has 2 unspecified atom stereocenters. The Bertz CT molecular complexity index is 6030. The molecule has 37 nitrogen and oxygen atoms in total. The van der Waals surface area contributed by atoms with Gasteiger partial charge in [0.25, 0.3) is 0 Å². The van der Waals surface area contributed by atoms with E-state index in [0.29, 0.717) is 142 Å². The number of piperazine rings is 6. The molecule has 14 heterocycles. The van der Waals surface area contributed by atoms with Crippen LogP contribution in [0.2, 0.25) is 20.1 Å². The zero-order chi connectivity index (χ0) is 100. The molecule has 10 aliphatic heterocycles. The molecule has 141 heavy (non-hydrogen) atoms. The number of halogens is 4. The summed E-state index contributed by atoms with van der Waals surface area (Å²) in [6.45, 7) is 48.8. The molecule has 5 amide bonds. The predicted molar refractivity (Wildman–Crippen MR) is 557 cm³/mol. The van der Waals surface area contributed by atoms with Crippen molar-refractivity contribution in [2.45, 2.75) is 105 Å². The third kappa shape index (κ3) is 28.0. The number of nitrogens with one attached hydrogen (secondary N) is 4. The van der Waals surface area contributed by atoms with Gasteiger partial charge in [0.05, 0.1) is 24.7 Å². The number of piperidine rings is 1. The van der Waals surface area contributed by atoms with Crippen LogP contribution in [0.25, 0.3) is 0 Å². The van der Waals surface area contributed by atoms with Crippen LogP contribution in [0.4, 0.5) is 65.2 Å². The van der Waals surface area contributed by atoms with Crippen molar-refractivity contribution in [3.8, 4) is 0 Å². The van der Waals surface area contributed by atoms with Crippen molar-refractivity contribution in [2.24, 2.45) is 5.41 Å². The van der Waals surface area contributed by atoms with Gasteiger partial charge in [-0.05, 0) is 136 Å². The largest absolute Gasteiger partial charge is 0.371 e. The Labute approximate surface area is 847 Å². The van der Waals surface area contributed by atoms with Crippen molar-refractivity contribution in [3.63, 3.8) is 0 Å². The number of nitrogens with zero attached hydrogens (tertiary/aromatic N) is 23. The van der Waals surface area contributed by atoms with Gasteiger partial charge in [-0.25, -0.2) is 40.3 Å². The Hall–Kier alpha value is -10.8. The lowest BCUT2D eigenvalue weighted by Gasteiger charge is -2.41. The summed E-state index contributed by atoms with van der Waals surface area (Å²) in [5.74, 6) is 2.56. The van der Waals surface area contributed by atoms with Gasteiger partial charge in [-0.3, -0.25) is 24.4 Å². The van der Waals surface area contributed by atoms with Crippen LogP contribution < -0.4 is 40.9 Å². The highest BCUT2D eigenvalue weighted by Gasteiger charge is 2.44. The molecule has 2 bridgehead atoms. The molecule has 1 spiro atoms. The van der Waals surface area contributed by atoms with Crippen LogP contribution in [-0.2, 0) is 55.8 Å². The number of carbonyl (C=O) groups excluding carboxylic acids is 5. The number of rotatable bonds is 22. The van der Waals surface area contributed by atoms with E-state index in [1.54, 1.807) is 65.2 Å². The van der Waals surface area contributed by atoms with Crippen LogP contribution in [0.15, 0.2) is 171 Å². The number of fused-ring (bicyclic) bond motifs is 2. The van der Waals surface area contributed by atoms with Gasteiger partial charge in [0, 0.05) is 344 Å². The Kier molecular flexibility index (Phi) is 34.6. The second-order valence-electron chi connectivity index (χ2n) is 38.3. The zero-order valence-corrected chi connectivity index (χ0v) is 86.5. The van der Waals surface area contributed by atoms with E-state index in [-0.39, 0.29) is 35.4 Å². The molecule has 10 saturated heterocycles. The van der Waals surface area contributed by atoms with Crippen LogP contribution in [0, 0.1) is 5.41 Å². The van der Waals surface area contributed by atoms with Crippen LogP contribution in [0.5, 0.6) is 0 Å². The van der Waals surface area contributed by atoms with Gasteiger partial charge in [-0.2, -0.15) is 23.0 Å². The summed E-state index contributed by atoms with van der Waals surface area (Å²) in [6.07, 6.45) is 15.1. The summed E-state index contributed by atoms with van der Waals surface area (Å²) < 4.78 is 62.5. The van der Waals surface area contributed by atoms with E-state index >= 15 is 0 Å². The first-order valence-electron chi connectivity index (χ1n) is 48.3. The third-order valence-electron chi connectivity index (χ3n) is 27.4. The Morgan fingerprint density at radius 2 is 0.610 bits per heavy atom. The van der Waals surface area contributed by atoms with Crippen molar-refractivity contribution >= 4 is 143 Å². The average Bonchev–Trinajstić information content (AvgIpc) is 1.73. The summed E-state index contributed by atoms with van der Waals surface area (Å²) in [5.41, 5.74) is 12.6. The van der Waals surface area contributed by atoms with Gasteiger partial charge >= 0.3 is 24.1 Å². The normalized spacial score (nSPS) is 19.7. The van der Waals surface area contributed by atoms with Crippen LogP contribution in [0.1, 0.15) is 89.0 Å². The Morgan fingerprint density at radius 3 is 0.879 bits per heavy atom. The number of allylic oxidation sites excluding steroid dienone is 4. The molecular weight excluding hydrogens is 1920 g/mol. The molecule has 10 aliphatic rings. The zero-order valence-electron chi connectivity index (χ0n) is 81.8. The van der Waals surface area contributed by atoms with Crippen molar-refractivity contribution in [2.75, 3.05) is 250 Å². The molecule has 0 saturated carbocycles. The van der Waals surface area contributed by atoms with Crippen LogP contribution in [-0.4, -0.2) is 360 Å². The lowest BCUT2D eigenvalue weighted by molar-refractivity contribution is -0.129. The van der Waals surface area contributed by atoms with Gasteiger partial charge in [0.2, 0.25) is 26.0 Å². The van der Waals surface area contributed by atoms with E-state index in [2.05, 4.69) is 138 Å². The second kappa shape index (κ2) is 46.7. The van der Waals surface area contributed by atoms with Gasteiger partial charge in [-0.15, -0.1) is 20.4 Å². The number of sulfonamides is 2. The van der Waals surface area contributed by atoms with E-state index in [4.69, 9.17) is 51.1 Å². The highest BCUT2D eigenvalue weighted by molar-refractivity contribution is 7.88. The van der Waals surface area contributed by atoms with Crippen molar-refractivity contribution in [1.82, 2.24) is 91.8 Å². The minimum atomic E-state index is -3.18. The number of morpholine rings is 1. The molecule has 4 aromatic carbocycles. The van der Waals surface area contributed by atoms with Crippen molar-refractivity contribution in [3.05, 3.63) is 213 Å². The van der Waals surface area contributed by atoms with Gasteiger partial charge in [0.15, 0.2) is 23.3 Å². The quantitative estimate of drug-likeness (QED) is 0.0490. The first-order chi connectivity index (χ1) is 67.3. The topological polar surface area (TPSA) is 331 Å². The van der Waals surface area contributed by atoms with Gasteiger partial charge in [-0.1, -0.05) is 97.0 Å². The third-order valence-corrected chi connectivity index (χ3v) is 30.9. The Morgan fingerprint density at radius 1 is 0.348 bits per heavy atom. The highest BCUT2D eigenvalue weighted by Crippen LogP contribution is 2.44. The highest BCUT2D eigenvalue weighted by atomic mass is 35.5. The lowest BCUT2D eigenvalue weighted by Crippen LogP contribution is -2.50. The van der Waals surface area contributed by atoms with Gasteiger partial charge < -0.3 is 70.1 Å². The smallest absolute Gasteiger partial charge is 0.344 e. The number of hydrogen-bond donors (Lipinski definition) is 4. The maximum absolute atomic E-state index is 12.9. The molecule has 18 rings (SSSR count). The maximum Gasteiger partial charge on any atom is 0.344 e. The maximum atomic E-state index is 12.9. The van der Waals surface area contributed by atoms with E-state index in [1.807, 2.05) is 89.8 Å². The summed E-state index contributed by atoms with van der Waals surface area (Å²) in [6, 6.07) is 30.8. The average molecular weight is 2060 g/mol. The number of aromatic nitrogens is 8. The van der Waals surface area contributed by atoms with E-state index in [9.17, 15) is 40.8 Å². The molecule has 760 valence electrons. The number of hydrogen-bond acceptors (Lipinski definition) is 26. The fraction of sp³-hybridized carbons (Fsp3) is 0.500. The number of amides is 5. The first-order valence-corrected chi connectivity index (χ1v) is 53.5. The number of ether oxygens (including phenoxy) is 1. The molecule has 8 aromatic rings. The fourth-order valence-electron chi connectivity index (χ4n) is 19.8. The summed E-state index contributed by atoms with van der Waals surface area (Å²) in [4.78, 5) is 91.2. The summed E-state index contributed by atoms with van der Waals surface area (Å²) in [5, 5.41) is 32.2. The monoisotopic (exact) mass is 2050 g/mol. The van der Waals surface area contributed by atoms with E-state index in [1.165, 1.54) is 57.9 Å². The van der Waals surface area contributed by atoms with Crippen molar-refractivity contribution in [1.29, 1.82) is 0 Å². The predicted octanol–water partition coefficient (Wildman–Crippen LogP) is 12.4. The molecular formula is C98H133Cl4N27O10S2. The lowest BCUT2D eigenvalue weighted by atomic mass is 9.77. The van der Waals surface area contributed by atoms with E-state index < -0.39 is 20.0 Å². The summed E-state index contributed by atoms with van der Waals surface area (Å²) >= 11 is 25.5. The number of anilines is 8. The Balaban J connectivity index is 0.000000142. The molecule has 2 atom stereocenters. The molecule has 0 radical (unpaired) electrons. The molecule has 4 N–H and O–H groups in total. The fourth-order valence-corrected chi connectivity index (χ4v) is 22.2. The number of carbonyl (C=O) groups is 5. The molecule has 4 aromatic heterocycles. The standard InChI is InChI=1S/C27H38ClN7O3S.C24H32ClN7O2.C24H31ClN6O2.C23H32ClN7O3S/c1-21(2)29-25-6-10-35(30-25)26(36)33-16-14-31(15-17-33)19-22-4-5-23(28)18-24(22)32-11-7-27(8-12-32)9-13-34(20-27)39(3,37)38;1-18(2)26-23-6-7-32(27-23)24(34)31-10-8-28(9-11-31)17-20-4-5-21(25)16-22(20)30-14-12-29(13-15-30)19(3)33;1-17(2)26-23-7-8-31(27-23)24(32)29-11-9-28(10-12-29)14-18-3-4-19(25)13-22(18)30-15-20-5-6-21(16-30)33-20;1-18(2)25-22-6-7-31(26-22)23(32)29-10-8-27(9-11-29)17-19-4-5-20(24)16-21(19)28-12-14-30(15-13-28)35(3,33)34/h4-6,10,18H,1,7-9,11-17,19-20H2,2-3H3,(H,29,30);4-7,16H,1,8-15,17H2,2-3H3,(H,26,27);3-4,7-8,13,20-21H,1,5-6,9-12,14-16H2,2H3,(H,26,27);4-7,16H,1,8-15,17H2,2-3H3,(H,25,26). The second-order valence-corrected chi connectivity index (χ2v) is 44.0. The van der Waals surface area contributed by atoms with Gasteiger partial charge in [0.1, 0.15) is 0 Å². The molecule has 0 aliphatic carbocycles. The molecule has 10 fully saturated rings. The van der Waals surface area contributed by atoms with Crippen LogP contribution in [0.3, 0.4) is 0 Å².